The second kappa shape index (κ2) is 11.7. The van der Waals surface area contributed by atoms with Gasteiger partial charge < -0.3 is 14.8 Å². The number of rotatable bonds is 9. The number of ether oxygens (including phenoxy) is 2. The summed E-state index contributed by atoms with van der Waals surface area (Å²) < 4.78 is 11.0. The molecule has 0 aromatic heterocycles. The largest absolute Gasteiger partial charge is 0.464 e. The van der Waals surface area contributed by atoms with Crippen LogP contribution in [-0.2, 0) is 19.1 Å². The molecule has 7 nitrogen and oxygen atoms in total. The number of piperidine rings is 1. The first-order valence-corrected chi connectivity index (χ1v) is 12.7. The van der Waals surface area contributed by atoms with Gasteiger partial charge in [0.2, 0.25) is 0 Å². The van der Waals surface area contributed by atoms with Crippen molar-refractivity contribution in [2.75, 3.05) is 19.8 Å². The minimum Gasteiger partial charge on any atom is -0.464 e. The Morgan fingerprint density at radius 1 is 0.892 bits per heavy atom. The third kappa shape index (κ3) is 7.07. The highest BCUT2D eigenvalue weighted by Gasteiger charge is 2.57. The molecule has 0 atom stereocenters. The van der Waals surface area contributed by atoms with Gasteiger partial charge in [-0.25, -0.2) is 9.59 Å². The van der Waals surface area contributed by atoms with Crippen molar-refractivity contribution in [2.24, 2.45) is 0 Å². The van der Waals surface area contributed by atoms with E-state index in [1.165, 1.54) is 6.08 Å². The van der Waals surface area contributed by atoms with Crippen LogP contribution in [0.2, 0.25) is 0 Å². The number of nitrogens with one attached hydrogen (secondary N) is 1. The Hall–Kier alpha value is -3.45. The summed E-state index contributed by atoms with van der Waals surface area (Å²) in [5.41, 5.74) is -0.804. The van der Waals surface area contributed by atoms with Crippen LogP contribution in [0.1, 0.15) is 63.4 Å². The number of hydrogen-bond acceptors (Lipinski definition) is 6. The molecule has 0 bridgehead atoms. The molecular weight excluding hydrogens is 468 g/mol. The average Bonchev–Trinajstić information content (AvgIpc) is 2.85. The van der Waals surface area contributed by atoms with E-state index in [0.717, 1.165) is 5.56 Å². The van der Waals surface area contributed by atoms with Crippen molar-refractivity contribution >= 4 is 23.9 Å². The van der Waals surface area contributed by atoms with Crippen molar-refractivity contribution < 1.29 is 23.9 Å². The number of nitrogens with zero attached hydrogens (tertiary/aromatic N) is 1. The van der Waals surface area contributed by atoms with Crippen LogP contribution in [0, 0.1) is 0 Å². The Morgan fingerprint density at radius 3 is 2.03 bits per heavy atom. The number of carbonyl (C=O) groups excluding carboxylic acids is 3. The smallest absolute Gasteiger partial charge is 0.331 e. The van der Waals surface area contributed by atoms with Crippen molar-refractivity contribution in [3.8, 4) is 0 Å². The van der Waals surface area contributed by atoms with Crippen LogP contribution < -0.4 is 5.32 Å². The van der Waals surface area contributed by atoms with Gasteiger partial charge in [0.15, 0.2) is 0 Å². The predicted octanol–water partition coefficient (Wildman–Crippen LogP) is 4.63. The molecule has 3 rings (SSSR count). The highest BCUT2D eigenvalue weighted by molar-refractivity contribution is 5.98. The summed E-state index contributed by atoms with van der Waals surface area (Å²) >= 11 is 0. The van der Waals surface area contributed by atoms with Gasteiger partial charge in [-0.1, -0.05) is 48.5 Å². The Kier molecular flexibility index (Phi) is 8.92. The third-order valence-corrected chi connectivity index (χ3v) is 6.76. The van der Waals surface area contributed by atoms with Gasteiger partial charge in [0.25, 0.3) is 5.91 Å². The Morgan fingerprint density at radius 2 is 1.46 bits per heavy atom. The minimum atomic E-state index is -1.19. The Labute approximate surface area is 219 Å². The van der Waals surface area contributed by atoms with E-state index in [9.17, 15) is 14.4 Å². The molecule has 1 aliphatic heterocycles. The molecule has 0 aliphatic carbocycles. The van der Waals surface area contributed by atoms with Gasteiger partial charge in [-0.05, 0) is 71.2 Å². The molecule has 0 unspecified atom stereocenters. The predicted molar refractivity (Wildman–Crippen MR) is 144 cm³/mol. The maximum Gasteiger partial charge on any atom is 0.331 e. The van der Waals surface area contributed by atoms with Crippen LogP contribution in [0.3, 0.4) is 0 Å². The van der Waals surface area contributed by atoms with E-state index in [4.69, 9.17) is 9.47 Å². The first kappa shape index (κ1) is 28.1. The molecule has 1 N–H and O–H groups in total. The number of esters is 2. The van der Waals surface area contributed by atoms with E-state index in [2.05, 4.69) is 10.2 Å². The Bertz CT molecular complexity index is 1090. The Balaban J connectivity index is 1.73. The lowest BCUT2D eigenvalue weighted by Gasteiger charge is -2.58. The summed E-state index contributed by atoms with van der Waals surface area (Å²) in [6.45, 7) is 10.8. The van der Waals surface area contributed by atoms with Crippen LogP contribution in [0.5, 0.6) is 0 Å². The lowest BCUT2D eigenvalue weighted by Crippen LogP contribution is -2.72. The number of hydrogen-bond donors (Lipinski definition) is 1. The maximum absolute atomic E-state index is 13.3. The standard InChI is InChI=1S/C30H38N2O5/c1-6-36-27(35)30(31-26(34)24-15-11-8-12-16-24)21-28(2,3)32(29(4,5)22-30)19-20-37-25(33)18-17-23-13-9-7-10-14-23/h7-18H,6,19-22H2,1-5H3,(H,31,34). The molecule has 1 amide bonds. The van der Waals surface area contributed by atoms with Crippen LogP contribution >= 0.6 is 0 Å². The van der Waals surface area contributed by atoms with Gasteiger partial charge in [-0.15, -0.1) is 0 Å². The molecule has 1 fully saturated rings. The number of amides is 1. The summed E-state index contributed by atoms with van der Waals surface area (Å²) in [4.78, 5) is 41.0. The summed E-state index contributed by atoms with van der Waals surface area (Å²) in [5.74, 6) is -1.15. The van der Waals surface area contributed by atoms with E-state index in [0.29, 0.717) is 24.9 Å². The van der Waals surface area contributed by atoms with Gasteiger partial charge in [-0.3, -0.25) is 9.69 Å². The molecule has 1 aliphatic rings. The third-order valence-electron chi connectivity index (χ3n) is 6.76. The van der Waals surface area contributed by atoms with Gasteiger partial charge in [0.05, 0.1) is 6.61 Å². The molecule has 198 valence electrons. The lowest BCUT2D eigenvalue weighted by atomic mass is 9.68. The maximum atomic E-state index is 13.3. The highest BCUT2D eigenvalue weighted by Crippen LogP contribution is 2.44. The first-order valence-electron chi connectivity index (χ1n) is 12.7. The minimum absolute atomic E-state index is 0.202. The second-order valence-electron chi connectivity index (χ2n) is 10.7. The number of carbonyl (C=O) groups is 3. The normalized spacial score (nSPS) is 18.2. The van der Waals surface area contributed by atoms with Crippen molar-refractivity contribution in [1.82, 2.24) is 10.2 Å². The molecule has 0 spiro atoms. The zero-order valence-corrected chi connectivity index (χ0v) is 22.5. The quantitative estimate of drug-likeness (QED) is 0.394. The van der Waals surface area contributed by atoms with Crippen molar-refractivity contribution in [1.29, 1.82) is 0 Å². The SMILES string of the molecule is CCOC(=O)C1(NC(=O)c2ccccc2)CC(C)(C)N(CCOC(=O)C=Cc2ccccc2)C(C)(C)C1. The second-order valence-corrected chi connectivity index (χ2v) is 10.7. The van der Waals surface area contributed by atoms with Crippen LogP contribution in [-0.4, -0.2) is 59.1 Å². The zero-order chi connectivity index (χ0) is 27.1. The molecule has 0 saturated carbocycles. The topological polar surface area (TPSA) is 84.9 Å². The van der Waals surface area contributed by atoms with E-state index >= 15 is 0 Å². The van der Waals surface area contributed by atoms with Crippen LogP contribution in [0.4, 0.5) is 0 Å². The van der Waals surface area contributed by atoms with Gasteiger partial charge in [0, 0.05) is 29.3 Å². The van der Waals surface area contributed by atoms with Crippen LogP contribution in [0.15, 0.2) is 66.7 Å². The van der Waals surface area contributed by atoms with E-state index < -0.39 is 28.6 Å². The zero-order valence-electron chi connectivity index (χ0n) is 22.5. The molecule has 2 aromatic rings. The van der Waals surface area contributed by atoms with Crippen LogP contribution in [0.25, 0.3) is 6.08 Å². The summed E-state index contributed by atoms with van der Waals surface area (Å²) in [6.07, 6.45) is 3.85. The molecule has 37 heavy (non-hydrogen) atoms. The molecule has 0 radical (unpaired) electrons. The fourth-order valence-electron chi connectivity index (χ4n) is 5.60. The molecule has 7 heteroatoms. The highest BCUT2D eigenvalue weighted by atomic mass is 16.5. The van der Waals surface area contributed by atoms with Crippen molar-refractivity contribution in [3.05, 3.63) is 77.9 Å². The molecule has 1 heterocycles. The fraction of sp³-hybridized carbons (Fsp3) is 0.433. The fourth-order valence-corrected chi connectivity index (χ4v) is 5.60. The summed E-state index contributed by atoms with van der Waals surface area (Å²) in [7, 11) is 0. The number of likely N-dealkylation sites (tertiary alicyclic amines) is 1. The first-order chi connectivity index (χ1) is 17.5. The summed E-state index contributed by atoms with van der Waals surface area (Å²) in [5, 5.41) is 3.04. The van der Waals surface area contributed by atoms with E-state index in [1.54, 1.807) is 37.3 Å². The van der Waals surface area contributed by atoms with Crippen molar-refractivity contribution in [3.63, 3.8) is 0 Å². The van der Waals surface area contributed by atoms with Gasteiger partial charge >= 0.3 is 11.9 Å². The van der Waals surface area contributed by atoms with E-state index in [1.807, 2.05) is 64.1 Å². The van der Waals surface area contributed by atoms with Gasteiger partial charge in [-0.2, -0.15) is 0 Å². The molecule has 1 saturated heterocycles. The van der Waals surface area contributed by atoms with E-state index in [-0.39, 0.29) is 19.1 Å². The molecular formula is C30H38N2O5. The molecule has 2 aromatic carbocycles. The monoisotopic (exact) mass is 506 g/mol. The summed E-state index contributed by atoms with van der Waals surface area (Å²) in [6, 6.07) is 18.4. The van der Waals surface area contributed by atoms with Crippen molar-refractivity contribution in [2.45, 2.75) is 64.1 Å². The lowest BCUT2D eigenvalue weighted by molar-refractivity contribution is -0.162. The average molecular weight is 507 g/mol. The number of benzene rings is 2. The van der Waals surface area contributed by atoms with Gasteiger partial charge in [0.1, 0.15) is 12.1 Å².